The smallest absolute Gasteiger partial charge is 0.241 e. The highest BCUT2D eigenvalue weighted by Crippen LogP contribution is 2.29. The van der Waals surface area contributed by atoms with Crippen LogP contribution in [0, 0.1) is 0 Å². The highest BCUT2D eigenvalue weighted by molar-refractivity contribution is 7.90. The lowest BCUT2D eigenvalue weighted by Gasteiger charge is -2.24. The minimum Gasteiger partial charge on any atom is -0.324 e. The third-order valence-corrected chi connectivity index (χ3v) is 6.12. The van der Waals surface area contributed by atoms with Gasteiger partial charge in [0, 0.05) is 12.8 Å². The molecule has 138 valence electrons. The zero-order chi connectivity index (χ0) is 18.7. The van der Waals surface area contributed by atoms with Crippen LogP contribution in [-0.2, 0) is 14.6 Å². The maximum Gasteiger partial charge on any atom is 0.241 e. The van der Waals surface area contributed by atoms with Crippen LogP contribution in [0.5, 0.6) is 0 Å². The van der Waals surface area contributed by atoms with E-state index in [0.29, 0.717) is 11.6 Å². The number of benzene rings is 2. The van der Waals surface area contributed by atoms with E-state index >= 15 is 0 Å². The second-order valence-electron chi connectivity index (χ2n) is 6.82. The summed E-state index contributed by atoms with van der Waals surface area (Å²) in [7, 11) is -3.40. The number of likely N-dealkylation sites (tertiary alicyclic amines) is 1. The molecule has 0 aromatic heterocycles. The van der Waals surface area contributed by atoms with Gasteiger partial charge in [-0.25, -0.2) is 8.42 Å². The number of sulfone groups is 1. The van der Waals surface area contributed by atoms with Crippen molar-refractivity contribution in [1.29, 1.82) is 0 Å². The molecule has 1 amide bonds. The first-order chi connectivity index (χ1) is 12.4. The molecule has 0 aliphatic carbocycles. The Balaban J connectivity index is 1.68. The van der Waals surface area contributed by atoms with Crippen molar-refractivity contribution in [3.8, 4) is 0 Å². The van der Waals surface area contributed by atoms with Crippen LogP contribution in [0.25, 0.3) is 0 Å². The lowest BCUT2D eigenvalue weighted by Crippen LogP contribution is -2.40. The first-order valence-corrected chi connectivity index (χ1v) is 10.6. The van der Waals surface area contributed by atoms with Crippen LogP contribution in [0.3, 0.4) is 0 Å². The second-order valence-corrected chi connectivity index (χ2v) is 8.81. The molecule has 0 bridgehead atoms. The predicted octanol–water partition coefficient (Wildman–Crippen LogP) is 2.91. The molecule has 0 radical (unpaired) electrons. The van der Waals surface area contributed by atoms with E-state index in [1.807, 2.05) is 25.1 Å². The van der Waals surface area contributed by atoms with Gasteiger partial charge in [-0.15, -0.1) is 0 Å². The van der Waals surface area contributed by atoms with Crippen LogP contribution in [0.15, 0.2) is 59.5 Å². The molecule has 3 rings (SSSR count). The van der Waals surface area contributed by atoms with Crippen molar-refractivity contribution < 1.29 is 13.2 Å². The van der Waals surface area contributed by atoms with Crippen LogP contribution >= 0.6 is 0 Å². The number of para-hydroxylation sites is 1. The van der Waals surface area contributed by atoms with Gasteiger partial charge < -0.3 is 5.32 Å². The van der Waals surface area contributed by atoms with E-state index in [-0.39, 0.29) is 16.8 Å². The van der Waals surface area contributed by atoms with Gasteiger partial charge in [-0.1, -0.05) is 42.5 Å². The molecule has 1 saturated heterocycles. The molecule has 1 aliphatic heterocycles. The Morgan fingerprint density at radius 3 is 2.46 bits per heavy atom. The Hall–Kier alpha value is -2.18. The first-order valence-electron chi connectivity index (χ1n) is 8.75. The summed E-state index contributed by atoms with van der Waals surface area (Å²) >= 11 is 0. The summed E-state index contributed by atoms with van der Waals surface area (Å²) in [5.74, 6) is 0.240. The fourth-order valence-electron chi connectivity index (χ4n) is 3.43. The largest absolute Gasteiger partial charge is 0.324 e. The SMILES string of the molecule is C[C@H](C(=O)Nc1ccccc1S(C)(=O)=O)N1CC[C@H](c2ccccc2)C1. The Labute approximate surface area is 154 Å². The number of carbonyl (C=O) groups is 1. The summed E-state index contributed by atoms with van der Waals surface area (Å²) in [6, 6.07) is 16.5. The number of nitrogens with zero attached hydrogens (tertiary/aromatic N) is 1. The number of rotatable bonds is 5. The van der Waals surface area contributed by atoms with Crippen molar-refractivity contribution in [2.75, 3.05) is 24.7 Å². The fraction of sp³-hybridized carbons (Fsp3) is 0.350. The molecule has 2 aromatic rings. The molecule has 1 fully saturated rings. The molecule has 1 aliphatic rings. The molecule has 0 unspecified atom stereocenters. The van der Waals surface area contributed by atoms with Gasteiger partial charge in [0.1, 0.15) is 0 Å². The van der Waals surface area contributed by atoms with E-state index in [9.17, 15) is 13.2 Å². The van der Waals surface area contributed by atoms with E-state index in [2.05, 4.69) is 22.3 Å². The molecule has 0 saturated carbocycles. The third-order valence-electron chi connectivity index (χ3n) is 4.96. The Morgan fingerprint density at radius 1 is 1.12 bits per heavy atom. The minimum atomic E-state index is -3.40. The standard InChI is InChI=1S/C20H24N2O3S/c1-15(22-13-12-17(14-22)16-8-4-3-5-9-16)20(23)21-18-10-6-7-11-19(18)26(2,24)25/h3-11,15,17H,12-14H2,1-2H3,(H,21,23)/t15-,17+/m1/s1. The molecular weight excluding hydrogens is 348 g/mol. The Bertz CT molecular complexity index is 881. The number of amides is 1. The first kappa shape index (κ1) is 18.6. The van der Waals surface area contributed by atoms with Crippen molar-refractivity contribution in [3.63, 3.8) is 0 Å². The summed E-state index contributed by atoms with van der Waals surface area (Å²) in [6.07, 6.45) is 2.16. The van der Waals surface area contributed by atoms with Gasteiger partial charge >= 0.3 is 0 Å². The topological polar surface area (TPSA) is 66.5 Å². The number of hydrogen-bond acceptors (Lipinski definition) is 4. The van der Waals surface area contributed by atoms with E-state index in [1.165, 1.54) is 11.6 Å². The molecule has 5 nitrogen and oxygen atoms in total. The molecular formula is C20H24N2O3S. The zero-order valence-electron chi connectivity index (χ0n) is 15.1. The van der Waals surface area contributed by atoms with Crippen molar-refractivity contribution >= 4 is 21.4 Å². The van der Waals surface area contributed by atoms with Crippen molar-refractivity contribution in [2.45, 2.75) is 30.2 Å². The summed E-state index contributed by atoms with van der Waals surface area (Å²) in [6.45, 7) is 3.54. The van der Waals surface area contributed by atoms with Gasteiger partial charge in [-0.3, -0.25) is 9.69 Å². The Kier molecular flexibility index (Phi) is 5.44. The van der Waals surface area contributed by atoms with Crippen molar-refractivity contribution in [3.05, 3.63) is 60.2 Å². The second kappa shape index (κ2) is 7.60. The number of carbonyl (C=O) groups excluding carboxylic acids is 1. The van der Waals surface area contributed by atoms with Crippen LogP contribution < -0.4 is 5.32 Å². The van der Waals surface area contributed by atoms with Gasteiger partial charge in [0.15, 0.2) is 9.84 Å². The molecule has 0 spiro atoms. The summed E-state index contributed by atoms with van der Waals surface area (Å²) < 4.78 is 23.8. The van der Waals surface area contributed by atoms with Crippen molar-refractivity contribution in [2.24, 2.45) is 0 Å². The summed E-state index contributed by atoms with van der Waals surface area (Å²) in [5, 5.41) is 2.79. The molecule has 26 heavy (non-hydrogen) atoms. The van der Waals surface area contributed by atoms with Gasteiger partial charge in [-0.2, -0.15) is 0 Å². The quantitative estimate of drug-likeness (QED) is 0.876. The van der Waals surface area contributed by atoms with E-state index in [0.717, 1.165) is 25.8 Å². The molecule has 1 N–H and O–H groups in total. The van der Waals surface area contributed by atoms with Gasteiger partial charge in [0.25, 0.3) is 0 Å². The van der Waals surface area contributed by atoms with E-state index < -0.39 is 9.84 Å². The predicted molar refractivity (Wildman–Crippen MR) is 103 cm³/mol. The Morgan fingerprint density at radius 2 is 1.77 bits per heavy atom. The summed E-state index contributed by atoms with van der Waals surface area (Å²) in [4.78, 5) is 15.0. The van der Waals surface area contributed by atoms with Crippen LogP contribution in [-0.4, -0.2) is 44.6 Å². The average Bonchev–Trinajstić information content (AvgIpc) is 3.11. The number of anilines is 1. The average molecular weight is 372 g/mol. The van der Waals surface area contributed by atoms with Crippen LogP contribution in [0.4, 0.5) is 5.69 Å². The molecule has 6 heteroatoms. The maximum absolute atomic E-state index is 12.7. The number of nitrogens with one attached hydrogen (secondary N) is 1. The van der Waals surface area contributed by atoms with Crippen LogP contribution in [0.2, 0.25) is 0 Å². The highest BCUT2D eigenvalue weighted by atomic mass is 32.2. The maximum atomic E-state index is 12.7. The lowest BCUT2D eigenvalue weighted by molar-refractivity contribution is -0.120. The minimum absolute atomic E-state index is 0.143. The molecule has 2 atom stereocenters. The highest BCUT2D eigenvalue weighted by Gasteiger charge is 2.30. The zero-order valence-corrected chi connectivity index (χ0v) is 15.9. The van der Waals surface area contributed by atoms with Gasteiger partial charge in [0.2, 0.25) is 5.91 Å². The molecule has 2 aromatic carbocycles. The number of hydrogen-bond donors (Lipinski definition) is 1. The van der Waals surface area contributed by atoms with Crippen LogP contribution in [0.1, 0.15) is 24.8 Å². The monoisotopic (exact) mass is 372 g/mol. The lowest BCUT2D eigenvalue weighted by atomic mass is 9.99. The van der Waals surface area contributed by atoms with E-state index in [1.54, 1.807) is 18.2 Å². The van der Waals surface area contributed by atoms with E-state index in [4.69, 9.17) is 0 Å². The molecule has 1 heterocycles. The normalized spacial score (nSPS) is 19.2. The van der Waals surface area contributed by atoms with Crippen molar-refractivity contribution in [1.82, 2.24) is 4.90 Å². The fourth-order valence-corrected chi connectivity index (χ4v) is 4.28. The van der Waals surface area contributed by atoms with Gasteiger partial charge in [0.05, 0.1) is 16.6 Å². The summed E-state index contributed by atoms with van der Waals surface area (Å²) in [5.41, 5.74) is 1.63. The third kappa shape index (κ3) is 4.14. The van der Waals surface area contributed by atoms with Gasteiger partial charge in [-0.05, 0) is 43.5 Å².